The van der Waals surface area contributed by atoms with Gasteiger partial charge in [0.25, 0.3) is 0 Å². The van der Waals surface area contributed by atoms with Gasteiger partial charge < -0.3 is 14.2 Å². The third kappa shape index (κ3) is 4.42. The highest BCUT2D eigenvalue weighted by molar-refractivity contribution is 7.98. The highest BCUT2D eigenvalue weighted by Crippen LogP contribution is 2.41. The van der Waals surface area contributed by atoms with Gasteiger partial charge in [0.1, 0.15) is 22.5 Å². The molecule has 0 saturated carbocycles. The van der Waals surface area contributed by atoms with Gasteiger partial charge in [-0.15, -0.1) is 11.8 Å². The normalized spacial score (nSPS) is 12.5. The first-order chi connectivity index (χ1) is 15.3. The number of fused-ring (bicyclic) bond motifs is 1. The molecule has 0 fully saturated rings. The number of thioether (sulfide) groups is 1. The predicted molar refractivity (Wildman–Crippen MR) is 113 cm³/mol. The van der Waals surface area contributed by atoms with E-state index in [0.29, 0.717) is 33.4 Å². The highest BCUT2D eigenvalue weighted by Gasteiger charge is 2.34. The largest absolute Gasteiger partial charge is 0.497 e. The molecule has 0 atom stereocenters. The number of nitriles is 1. The Labute approximate surface area is 190 Å². The first-order valence-electron chi connectivity index (χ1n) is 9.17. The lowest BCUT2D eigenvalue weighted by Crippen LogP contribution is -2.10. The molecule has 4 rings (SSSR count). The number of nitrogens with zero attached hydrogens (tertiary/aromatic N) is 2. The third-order valence-corrected chi connectivity index (χ3v) is 6.07. The Balaban J connectivity index is 1.74. The number of ether oxygens (including phenoxy) is 3. The van der Waals surface area contributed by atoms with Crippen LogP contribution in [0.25, 0.3) is 11.1 Å². The summed E-state index contributed by atoms with van der Waals surface area (Å²) >= 11 is 7.27. The maximum atomic E-state index is 13.6. The minimum Gasteiger partial charge on any atom is -0.497 e. The van der Waals surface area contributed by atoms with E-state index in [9.17, 15) is 18.4 Å². The van der Waals surface area contributed by atoms with E-state index in [-0.39, 0.29) is 28.7 Å². The Bertz CT molecular complexity index is 1210. The van der Waals surface area contributed by atoms with Crippen molar-refractivity contribution in [3.05, 3.63) is 64.3 Å². The number of methoxy groups -OCH3 is 1. The summed E-state index contributed by atoms with van der Waals surface area (Å²) in [6, 6.07) is 12.6. The zero-order chi connectivity index (χ0) is 22.9. The van der Waals surface area contributed by atoms with Crippen LogP contribution in [0.5, 0.6) is 17.2 Å². The van der Waals surface area contributed by atoms with E-state index in [0.717, 1.165) is 17.8 Å². The SMILES string of the molecule is COc1ccc(-c2cc(C(F)(F)F)nc(SCc3cc4c(cc3Cl)OCO4)c2C#N)cc1. The molecule has 2 heterocycles. The van der Waals surface area contributed by atoms with Gasteiger partial charge in [-0.3, -0.25) is 0 Å². The molecule has 10 heteroatoms. The van der Waals surface area contributed by atoms with E-state index in [1.165, 1.54) is 7.11 Å². The zero-order valence-electron chi connectivity index (χ0n) is 16.5. The molecule has 3 aromatic rings. The minimum atomic E-state index is -4.68. The average molecular weight is 479 g/mol. The van der Waals surface area contributed by atoms with Crippen molar-refractivity contribution in [2.75, 3.05) is 13.9 Å². The standard InChI is InChI=1S/C22H14ClF3N2O3S/c1-29-14-4-2-12(3-5-14)15-7-20(22(24,25)26)28-21(16(15)9-27)32-10-13-6-18-19(8-17(13)23)31-11-30-18/h2-8H,10-11H2,1H3. The minimum absolute atomic E-state index is 0.0399. The number of rotatable bonds is 5. The van der Waals surface area contributed by atoms with Crippen LogP contribution in [-0.2, 0) is 11.9 Å². The van der Waals surface area contributed by atoms with E-state index in [2.05, 4.69) is 4.98 Å². The van der Waals surface area contributed by atoms with Gasteiger partial charge in [-0.25, -0.2) is 4.98 Å². The molecule has 1 aliphatic heterocycles. The molecule has 0 radical (unpaired) electrons. The fourth-order valence-corrected chi connectivity index (χ4v) is 4.39. The zero-order valence-corrected chi connectivity index (χ0v) is 18.1. The van der Waals surface area contributed by atoms with E-state index >= 15 is 0 Å². The summed E-state index contributed by atoms with van der Waals surface area (Å²) in [6.45, 7) is 0.0707. The quantitative estimate of drug-likeness (QED) is 0.400. The van der Waals surface area contributed by atoms with Crippen molar-refractivity contribution in [3.63, 3.8) is 0 Å². The number of aromatic nitrogens is 1. The third-order valence-electron chi connectivity index (χ3n) is 4.70. The number of pyridine rings is 1. The number of hydrogen-bond donors (Lipinski definition) is 0. The molecule has 0 unspecified atom stereocenters. The molecule has 32 heavy (non-hydrogen) atoms. The summed E-state index contributed by atoms with van der Waals surface area (Å²) in [5.41, 5.74) is 0.164. The van der Waals surface area contributed by atoms with Crippen LogP contribution in [0.15, 0.2) is 47.5 Å². The van der Waals surface area contributed by atoms with Crippen LogP contribution in [0.4, 0.5) is 13.2 Å². The molecule has 164 valence electrons. The van der Waals surface area contributed by atoms with E-state index in [4.69, 9.17) is 25.8 Å². The summed E-state index contributed by atoms with van der Waals surface area (Å²) in [6.07, 6.45) is -4.68. The lowest BCUT2D eigenvalue weighted by molar-refractivity contribution is -0.141. The van der Waals surface area contributed by atoms with Crippen molar-refractivity contribution < 1.29 is 27.4 Å². The van der Waals surface area contributed by atoms with Gasteiger partial charge in [-0.1, -0.05) is 23.7 Å². The van der Waals surface area contributed by atoms with E-state index in [1.54, 1.807) is 36.4 Å². The van der Waals surface area contributed by atoms with Crippen molar-refractivity contribution in [3.8, 4) is 34.4 Å². The monoisotopic (exact) mass is 478 g/mol. The average Bonchev–Trinajstić information content (AvgIpc) is 3.23. The molecule has 0 aliphatic carbocycles. The number of halogens is 4. The second-order valence-electron chi connectivity index (χ2n) is 6.66. The molecule has 0 spiro atoms. The van der Waals surface area contributed by atoms with Gasteiger partial charge in [0.05, 0.1) is 12.7 Å². The summed E-state index contributed by atoms with van der Waals surface area (Å²) in [4.78, 5) is 3.74. The Kier molecular flexibility index (Phi) is 6.09. The van der Waals surface area contributed by atoms with E-state index < -0.39 is 11.9 Å². The van der Waals surface area contributed by atoms with Gasteiger partial charge in [0.15, 0.2) is 11.5 Å². The maximum absolute atomic E-state index is 13.6. The van der Waals surface area contributed by atoms with Crippen molar-refractivity contribution in [1.29, 1.82) is 5.26 Å². The summed E-state index contributed by atoms with van der Waals surface area (Å²) < 4.78 is 56.4. The first kappa shape index (κ1) is 22.1. The molecular formula is C22H14ClF3N2O3S. The molecule has 5 nitrogen and oxygen atoms in total. The van der Waals surface area contributed by atoms with Crippen molar-refractivity contribution in [2.24, 2.45) is 0 Å². The number of alkyl halides is 3. The second-order valence-corrected chi connectivity index (χ2v) is 8.03. The molecular weight excluding hydrogens is 465 g/mol. The molecule has 0 N–H and O–H groups in total. The van der Waals surface area contributed by atoms with Crippen LogP contribution < -0.4 is 14.2 Å². The molecule has 0 saturated heterocycles. The van der Waals surface area contributed by atoms with Gasteiger partial charge in [0, 0.05) is 22.4 Å². The summed E-state index contributed by atoms with van der Waals surface area (Å²) in [5.74, 6) is 1.73. The van der Waals surface area contributed by atoms with Crippen LogP contribution in [0.2, 0.25) is 5.02 Å². The van der Waals surface area contributed by atoms with E-state index in [1.807, 2.05) is 6.07 Å². The fourth-order valence-electron chi connectivity index (χ4n) is 3.09. The first-order valence-corrected chi connectivity index (χ1v) is 10.5. The summed E-state index contributed by atoms with van der Waals surface area (Å²) in [7, 11) is 1.49. The van der Waals surface area contributed by atoms with Gasteiger partial charge in [0.2, 0.25) is 6.79 Å². The molecule has 1 aromatic heterocycles. The van der Waals surface area contributed by atoms with Crippen LogP contribution in [0.1, 0.15) is 16.8 Å². The lowest BCUT2D eigenvalue weighted by Gasteiger charge is -2.14. The Morgan fingerprint density at radius 3 is 2.47 bits per heavy atom. The van der Waals surface area contributed by atoms with Crippen molar-refractivity contribution in [2.45, 2.75) is 17.0 Å². The van der Waals surface area contributed by atoms with Crippen LogP contribution in [-0.4, -0.2) is 18.9 Å². The number of benzene rings is 2. The van der Waals surface area contributed by atoms with Crippen LogP contribution >= 0.6 is 23.4 Å². The highest BCUT2D eigenvalue weighted by atomic mass is 35.5. The van der Waals surface area contributed by atoms with Gasteiger partial charge in [-0.2, -0.15) is 18.4 Å². The van der Waals surface area contributed by atoms with Gasteiger partial charge in [-0.05, 0) is 35.4 Å². The maximum Gasteiger partial charge on any atom is 0.433 e. The second kappa shape index (κ2) is 8.81. The van der Waals surface area contributed by atoms with Crippen molar-refractivity contribution in [1.82, 2.24) is 4.98 Å². The summed E-state index contributed by atoms with van der Waals surface area (Å²) in [5, 5.41) is 10.1. The topological polar surface area (TPSA) is 64.4 Å². The molecule has 0 amide bonds. The Morgan fingerprint density at radius 1 is 1.16 bits per heavy atom. The lowest BCUT2D eigenvalue weighted by atomic mass is 10.0. The molecule has 2 aromatic carbocycles. The fraction of sp³-hybridized carbons (Fsp3) is 0.182. The van der Waals surface area contributed by atoms with Gasteiger partial charge >= 0.3 is 6.18 Å². The Morgan fingerprint density at radius 2 is 1.84 bits per heavy atom. The molecule has 0 bridgehead atoms. The molecule has 1 aliphatic rings. The van der Waals surface area contributed by atoms with Crippen LogP contribution in [0, 0.1) is 11.3 Å². The Hall–Kier alpha value is -3.09. The number of hydrogen-bond acceptors (Lipinski definition) is 6. The van der Waals surface area contributed by atoms with Crippen LogP contribution in [0.3, 0.4) is 0 Å². The smallest absolute Gasteiger partial charge is 0.433 e. The van der Waals surface area contributed by atoms with Crippen molar-refractivity contribution >= 4 is 23.4 Å². The predicted octanol–water partition coefficient (Wildman–Crippen LogP) is 6.32.